The first-order valence-corrected chi connectivity index (χ1v) is 11.7. The first kappa shape index (κ1) is 23.2. The van der Waals surface area contributed by atoms with Crippen LogP contribution in [0.1, 0.15) is 29.8 Å². The standard InChI is InChI=1S/C23H28ClN3O3S/c1-3-11-25-23(29)26(12-4-2)15-22(28)27-13-9-21-19(10-14-31-21)20(27)16-30-18-7-5-17(24)6-8-18/h4-8,10,14,20H,2-3,9,11-13,15-16H2,1H3,(H,25,29)/t20-/m1/s1. The van der Waals surface area contributed by atoms with Crippen LogP contribution in [0.5, 0.6) is 5.75 Å². The number of nitrogens with zero attached hydrogens (tertiary/aromatic N) is 2. The van der Waals surface area contributed by atoms with Crippen LogP contribution < -0.4 is 10.1 Å². The molecule has 1 aromatic carbocycles. The Kier molecular flexibility index (Phi) is 8.37. The van der Waals surface area contributed by atoms with Gasteiger partial charge in [-0.15, -0.1) is 17.9 Å². The molecule has 1 atom stereocenters. The highest BCUT2D eigenvalue weighted by Crippen LogP contribution is 2.34. The van der Waals surface area contributed by atoms with Gasteiger partial charge in [0.2, 0.25) is 5.91 Å². The van der Waals surface area contributed by atoms with Crippen molar-refractivity contribution in [1.82, 2.24) is 15.1 Å². The van der Waals surface area contributed by atoms with Gasteiger partial charge in [0.15, 0.2) is 0 Å². The van der Waals surface area contributed by atoms with Crippen molar-refractivity contribution >= 4 is 34.9 Å². The van der Waals surface area contributed by atoms with Gasteiger partial charge in [0.05, 0.1) is 6.04 Å². The van der Waals surface area contributed by atoms with Gasteiger partial charge in [-0.1, -0.05) is 24.6 Å². The van der Waals surface area contributed by atoms with Crippen LogP contribution in [-0.4, -0.2) is 54.5 Å². The van der Waals surface area contributed by atoms with Gasteiger partial charge in [-0.05, 0) is 54.1 Å². The van der Waals surface area contributed by atoms with Gasteiger partial charge < -0.3 is 19.9 Å². The number of fused-ring (bicyclic) bond motifs is 1. The van der Waals surface area contributed by atoms with Gasteiger partial charge in [-0.2, -0.15) is 0 Å². The van der Waals surface area contributed by atoms with Gasteiger partial charge >= 0.3 is 6.03 Å². The van der Waals surface area contributed by atoms with Gasteiger partial charge in [0.25, 0.3) is 0 Å². The number of carbonyl (C=O) groups excluding carboxylic acids is 2. The summed E-state index contributed by atoms with van der Waals surface area (Å²) in [5.41, 5.74) is 1.12. The smallest absolute Gasteiger partial charge is 0.318 e. The molecular formula is C23H28ClN3O3S. The maximum Gasteiger partial charge on any atom is 0.318 e. The molecule has 0 spiro atoms. The number of amides is 3. The Morgan fingerprint density at radius 2 is 2.13 bits per heavy atom. The van der Waals surface area contributed by atoms with E-state index >= 15 is 0 Å². The van der Waals surface area contributed by atoms with E-state index in [4.69, 9.17) is 16.3 Å². The van der Waals surface area contributed by atoms with Gasteiger partial charge in [-0.3, -0.25) is 4.79 Å². The van der Waals surface area contributed by atoms with Crippen LogP contribution in [0.2, 0.25) is 5.02 Å². The van der Waals surface area contributed by atoms with Crippen molar-refractivity contribution in [2.45, 2.75) is 25.8 Å². The molecule has 3 rings (SSSR count). The maximum atomic E-state index is 13.3. The second kappa shape index (κ2) is 11.2. The lowest BCUT2D eigenvalue weighted by Crippen LogP contribution is -2.50. The van der Waals surface area contributed by atoms with Crippen LogP contribution in [0.15, 0.2) is 48.4 Å². The number of halogens is 1. The molecule has 3 amide bonds. The van der Waals surface area contributed by atoms with Crippen molar-refractivity contribution < 1.29 is 14.3 Å². The third kappa shape index (κ3) is 6.02. The summed E-state index contributed by atoms with van der Waals surface area (Å²) in [6, 6.07) is 8.79. The first-order chi connectivity index (χ1) is 15.0. The molecule has 2 aromatic rings. The minimum absolute atomic E-state index is 0.00150. The SMILES string of the molecule is C=CCN(CC(=O)N1CCc2sccc2[C@H]1COc1ccc(Cl)cc1)C(=O)NCCC. The second-order valence-electron chi connectivity index (χ2n) is 7.32. The van der Waals surface area contributed by atoms with Crippen molar-refractivity contribution in [2.75, 3.05) is 32.8 Å². The highest BCUT2D eigenvalue weighted by molar-refractivity contribution is 7.10. The molecule has 8 heteroatoms. The van der Waals surface area contributed by atoms with Crippen LogP contribution in [0.3, 0.4) is 0 Å². The van der Waals surface area contributed by atoms with Gasteiger partial charge in [0, 0.05) is 29.5 Å². The van der Waals surface area contributed by atoms with E-state index in [0.29, 0.717) is 37.0 Å². The zero-order chi connectivity index (χ0) is 22.2. The lowest BCUT2D eigenvalue weighted by molar-refractivity contribution is -0.135. The number of rotatable bonds is 9. The van der Waals surface area contributed by atoms with Crippen LogP contribution in [0.4, 0.5) is 4.79 Å². The number of nitrogens with one attached hydrogen (secondary N) is 1. The number of hydrogen-bond acceptors (Lipinski definition) is 4. The first-order valence-electron chi connectivity index (χ1n) is 10.4. The third-order valence-corrected chi connectivity index (χ3v) is 6.37. The molecule has 0 bridgehead atoms. The van der Waals surface area contributed by atoms with Crippen LogP contribution in [0, 0.1) is 0 Å². The molecule has 0 unspecified atom stereocenters. The molecule has 1 N–H and O–H groups in total. The minimum Gasteiger partial charge on any atom is -0.491 e. The Labute approximate surface area is 192 Å². The van der Waals surface area contributed by atoms with E-state index in [0.717, 1.165) is 18.4 Å². The summed E-state index contributed by atoms with van der Waals surface area (Å²) in [6.45, 7) is 7.51. The Hall–Kier alpha value is -2.51. The summed E-state index contributed by atoms with van der Waals surface area (Å²) < 4.78 is 6.00. The minimum atomic E-state index is -0.253. The van der Waals surface area contributed by atoms with Gasteiger partial charge in [0.1, 0.15) is 18.9 Å². The monoisotopic (exact) mass is 461 g/mol. The zero-order valence-corrected chi connectivity index (χ0v) is 19.3. The molecule has 0 fully saturated rings. The molecule has 0 radical (unpaired) electrons. The Bertz CT molecular complexity index is 900. The van der Waals surface area contributed by atoms with Crippen molar-refractivity contribution in [3.05, 3.63) is 63.8 Å². The molecule has 2 heterocycles. The van der Waals surface area contributed by atoms with Crippen LogP contribution in [-0.2, 0) is 11.2 Å². The molecule has 31 heavy (non-hydrogen) atoms. The fourth-order valence-electron chi connectivity index (χ4n) is 3.55. The summed E-state index contributed by atoms with van der Waals surface area (Å²) in [7, 11) is 0. The largest absolute Gasteiger partial charge is 0.491 e. The highest BCUT2D eigenvalue weighted by atomic mass is 35.5. The summed E-state index contributed by atoms with van der Waals surface area (Å²) >= 11 is 7.66. The van der Waals surface area contributed by atoms with E-state index in [9.17, 15) is 9.59 Å². The molecule has 0 aliphatic carbocycles. The van der Waals surface area contributed by atoms with E-state index in [1.165, 1.54) is 9.78 Å². The normalized spacial score (nSPS) is 15.2. The van der Waals surface area contributed by atoms with Crippen LogP contribution >= 0.6 is 22.9 Å². The third-order valence-electron chi connectivity index (χ3n) is 5.13. The molecular weight excluding hydrogens is 434 g/mol. The number of hydrogen-bond donors (Lipinski definition) is 1. The molecule has 1 aromatic heterocycles. The second-order valence-corrected chi connectivity index (χ2v) is 8.76. The topological polar surface area (TPSA) is 61.9 Å². The highest BCUT2D eigenvalue weighted by Gasteiger charge is 2.33. The predicted molar refractivity (Wildman–Crippen MR) is 125 cm³/mol. The maximum absolute atomic E-state index is 13.3. The average Bonchev–Trinajstić information content (AvgIpc) is 3.25. The lowest BCUT2D eigenvalue weighted by atomic mass is 10.0. The molecule has 1 aliphatic rings. The van der Waals surface area contributed by atoms with E-state index in [1.54, 1.807) is 29.5 Å². The fraction of sp³-hybridized carbons (Fsp3) is 0.391. The summed E-state index contributed by atoms with van der Waals surface area (Å²) in [5, 5.41) is 5.53. The van der Waals surface area contributed by atoms with Crippen molar-refractivity contribution in [3.63, 3.8) is 0 Å². The average molecular weight is 462 g/mol. The molecule has 1 aliphatic heterocycles. The lowest BCUT2D eigenvalue weighted by Gasteiger charge is -2.37. The van der Waals surface area contributed by atoms with E-state index in [1.807, 2.05) is 24.0 Å². The fourth-order valence-corrected chi connectivity index (χ4v) is 4.61. The van der Waals surface area contributed by atoms with Crippen LogP contribution in [0.25, 0.3) is 0 Å². The predicted octanol–water partition coefficient (Wildman–Crippen LogP) is 4.51. The summed E-state index contributed by atoms with van der Waals surface area (Å²) in [6.07, 6.45) is 3.27. The number of thiophene rings is 1. The van der Waals surface area contributed by atoms with Crippen molar-refractivity contribution in [3.8, 4) is 5.75 Å². The van der Waals surface area contributed by atoms with E-state index in [2.05, 4.69) is 23.3 Å². The Morgan fingerprint density at radius 3 is 2.84 bits per heavy atom. The van der Waals surface area contributed by atoms with Crippen molar-refractivity contribution in [1.29, 1.82) is 0 Å². The molecule has 6 nitrogen and oxygen atoms in total. The number of ether oxygens (including phenoxy) is 1. The van der Waals surface area contributed by atoms with E-state index in [-0.39, 0.29) is 24.5 Å². The zero-order valence-electron chi connectivity index (χ0n) is 17.7. The number of carbonyl (C=O) groups is 2. The van der Waals surface area contributed by atoms with E-state index < -0.39 is 0 Å². The summed E-state index contributed by atoms with van der Waals surface area (Å²) in [4.78, 5) is 30.3. The molecule has 0 saturated heterocycles. The quantitative estimate of drug-likeness (QED) is 0.559. The van der Waals surface area contributed by atoms with Crippen molar-refractivity contribution in [2.24, 2.45) is 0 Å². The Morgan fingerprint density at radius 1 is 1.35 bits per heavy atom. The summed E-state index contributed by atoms with van der Waals surface area (Å²) in [5.74, 6) is 0.599. The molecule has 0 saturated carbocycles. The Balaban J connectivity index is 1.73. The number of benzene rings is 1. The molecule has 166 valence electrons. The van der Waals surface area contributed by atoms with Gasteiger partial charge in [-0.25, -0.2) is 4.79 Å². The number of urea groups is 1.